The highest BCUT2D eigenvalue weighted by Crippen LogP contribution is 2.29. The zero-order chi connectivity index (χ0) is 22.6. The second-order valence-electron chi connectivity index (χ2n) is 8.77. The van der Waals surface area contributed by atoms with Crippen molar-refractivity contribution >= 4 is 28.3 Å². The molecule has 4 N–H and O–H groups in total. The van der Waals surface area contributed by atoms with Crippen molar-refractivity contribution in [1.29, 1.82) is 0 Å². The van der Waals surface area contributed by atoms with E-state index in [1.807, 2.05) is 11.9 Å². The summed E-state index contributed by atoms with van der Waals surface area (Å²) < 4.78 is 17.7. The molecule has 1 amide bonds. The van der Waals surface area contributed by atoms with E-state index < -0.39 is 46.7 Å². The summed E-state index contributed by atoms with van der Waals surface area (Å²) in [4.78, 5) is 15.1. The molecule has 0 radical (unpaired) electrons. The summed E-state index contributed by atoms with van der Waals surface area (Å²) in [5.41, 5.74) is -1.16. The first kappa shape index (κ1) is 26.0. The van der Waals surface area contributed by atoms with Crippen LogP contribution in [0, 0.1) is 5.92 Å². The van der Waals surface area contributed by atoms with Gasteiger partial charge in [-0.3, -0.25) is 13.9 Å². The normalized spacial score (nSPS) is 38.2. The molecule has 30 heavy (non-hydrogen) atoms. The summed E-state index contributed by atoms with van der Waals surface area (Å²) in [5.74, 6) is 0.292. The van der Waals surface area contributed by atoms with E-state index in [9.17, 15) is 24.3 Å². The maximum absolute atomic E-state index is 13.1. The molecule has 0 saturated carbocycles. The molecule has 2 heterocycles. The van der Waals surface area contributed by atoms with Crippen molar-refractivity contribution < 1.29 is 29.1 Å². The molecule has 2 fully saturated rings. The third-order valence-electron chi connectivity index (χ3n) is 6.14. The highest BCUT2D eigenvalue weighted by atomic mass is 35.5. The number of nitrogens with zero attached hydrogens (tertiary/aromatic N) is 1. The van der Waals surface area contributed by atoms with Crippen molar-refractivity contribution in [2.45, 2.75) is 93.3 Å². The molecule has 8 nitrogen and oxygen atoms in total. The molecular formula is C20H37ClN2O6S. The minimum absolute atomic E-state index is 0.176. The SMILES string of the molecule is CCCC[C@@H]1C[C@@H](C(=O)N[C@@H](C[C@H](C)Cl)[C@H]2O[C@H](S(C)=O)[C@H](O)[C@@H](O)[C@H]2O)N(C)C1. The van der Waals surface area contributed by atoms with E-state index in [0.29, 0.717) is 5.92 Å². The van der Waals surface area contributed by atoms with Crippen LogP contribution in [0.4, 0.5) is 0 Å². The van der Waals surface area contributed by atoms with Crippen LogP contribution in [0.1, 0.15) is 46.0 Å². The number of rotatable bonds is 9. The number of likely N-dealkylation sites (N-methyl/N-ethyl adjacent to an activating group) is 1. The van der Waals surface area contributed by atoms with Gasteiger partial charge in [0.15, 0.2) is 5.44 Å². The third-order valence-corrected chi connectivity index (χ3v) is 7.36. The fourth-order valence-corrected chi connectivity index (χ4v) is 5.53. The zero-order valence-electron chi connectivity index (χ0n) is 18.2. The van der Waals surface area contributed by atoms with Gasteiger partial charge in [0, 0.05) is 18.2 Å². The molecule has 1 unspecified atom stereocenters. The highest BCUT2D eigenvalue weighted by Gasteiger charge is 2.49. The van der Waals surface area contributed by atoms with Gasteiger partial charge in [-0.15, -0.1) is 11.6 Å². The second kappa shape index (κ2) is 11.5. The lowest BCUT2D eigenvalue weighted by Gasteiger charge is -2.43. The summed E-state index contributed by atoms with van der Waals surface area (Å²) >= 11 is 6.18. The van der Waals surface area contributed by atoms with Crippen molar-refractivity contribution in [3.8, 4) is 0 Å². The lowest BCUT2D eigenvalue weighted by molar-refractivity contribution is -0.206. The molecule has 0 aromatic carbocycles. The summed E-state index contributed by atoms with van der Waals surface area (Å²) in [5, 5.41) is 33.5. The lowest BCUT2D eigenvalue weighted by Crippen LogP contribution is -2.64. The molecule has 2 aliphatic heterocycles. The van der Waals surface area contributed by atoms with Gasteiger partial charge < -0.3 is 25.4 Å². The Morgan fingerprint density at radius 3 is 2.53 bits per heavy atom. The predicted octanol–water partition coefficient (Wildman–Crippen LogP) is 0.185. The van der Waals surface area contributed by atoms with E-state index in [1.54, 1.807) is 6.92 Å². The van der Waals surface area contributed by atoms with Gasteiger partial charge in [-0.1, -0.05) is 19.8 Å². The van der Waals surface area contributed by atoms with Crippen molar-refractivity contribution in [3.05, 3.63) is 0 Å². The van der Waals surface area contributed by atoms with Crippen LogP contribution in [0.25, 0.3) is 0 Å². The van der Waals surface area contributed by atoms with E-state index in [0.717, 1.165) is 32.2 Å². The maximum atomic E-state index is 13.1. The van der Waals surface area contributed by atoms with Crippen LogP contribution >= 0.6 is 11.6 Å². The van der Waals surface area contributed by atoms with E-state index in [1.165, 1.54) is 6.26 Å². The average Bonchev–Trinajstić information content (AvgIpc) is 3.04. The minimum atomic E-state index is -1.59. The van der Waals surface area contributed by atoms with E-state index in [4.69, 9.17) is 16.3 Å². The number of nitrogens with one attached hydrogen (secondary N) is 1. The van der Waals surface area contributed by atoms with Gasteiger partial charge in [0.1, 0.15) is 24.4 Å². The summed E-state index contributed by atoms with van der Waals surface area (Å²) in [6, 6.07) is -0.983. The second-order valence-corrected chi connectivity index (χ2v) is 11.0. The molecule has 0 bridgehead atoms. The van der Waals surface area contributed by atoms with E-state index in [2.05, 4.69) is 12.2 Å². The number of carbonyl (C=O) groups excluding carboxylic acids is 1. The van der Waals surface area contributed by atoms with Gasteiger partial charge in [0.05, 0.1) is 22.9 Å². The number of alkyl halides is 1. The molecule has 2 aliphatic rings. The number of halogens is 1. The summed E-state index contributed by atoms with van der Waals surface area (Å²) in [6.45, 7) is 4.77. The minimum Gasteiger partial charge on any atom is -0.388 e. The number of likely N-dealkylation sites (tertiary alicyclic amines) is 1. The fourth-order valence-electron chi connectivity index (χ4n) is 4.50. The van der Waals surface area contributed by atoms with Crippen LogP contribution in [0.15, 0.2) is 0 Å². The van der Waals surface area contributed by atoms with Crippen LogP contribution in [-0.4, -0.2) is 97.5 Å². The molecule has 0 aliphatic carbocycles. The Morgan fingerprint density at radius 1 is 1.30 bits per heavy atom. The number of hydrogen-bond donors (Lipinski definition) is 4. The summed E-state index contributed by atoms with van der Waals surface area (Å²) in [6.07, 6.45) is 0.266. The number of ether oxygens (including phenoxy) is 1. The standard InChI is InChI=1S/C20H37ClN2O6S/c1-5-6-7-12-9-14(23(3)10-12)19(27)22-13(8-11(2)21)18-16(25)15(24)17(26)20(29-18)30(4)28/h11-18,20,24-26H,5-10H2,1-4H3,(H,22,27)/t11-,12+,13-,14-,15-,16+,17+,18+,20+,30?/m0/s1. The first-order valence-corrected chi connectivity index (χ1v) is 12.8. The van der Waals surface area contributed by atoms with Crippen LogP contribution in [0.5, 0.6) is 0 Å². The Balaban J connectivity index is 2.13. The molecule has 176 valence electrons. The smallest absolute Gasteiger partial charge is 0.237 e. The van der Waals surface area contributed by atoms with Gasteiger partial charge in [-0.2, -0.15) is 0 Å². The van der Waals surface area contributed by atoms with Gasteiger partial charge in [0.25, 0.3) is 0 Å². The largest absolute Gasteiger partial charge is 0.388 e. The number of amides is 1. The van der Waals surface area contributed by atoms with Crippen molar-refractivity contribution in [1.82, 2.24) is 10.2 Å². The molecule has 2 saturated heterocycles. The number of hydrogen-bond acceptors (Lipinski definition) is 7. The Labute approximate surface area is 186 Å². The molecule has 0 aromatic rings. The Kier molecular flexibility index (Phi) is 9.99. The maximum Gasteiger partial charge on any atom is 0.237 e. The Bertz CT molecular complexity index is 598. The average molecular weight is 469 g/mol. The fraction of sp³-hybridized carbons (Fsp3) is 0.950. The van der Waals surface area contributed by atoms with Gasteiger partial charge in [-0.05, 0) is 39.2 Å². The third kappa shape index (κ3) is 6.37. The Hall–Kier alpha value is -0.290. The van der Waals surface area contributed by atoms with E-state index in [-0.39, 0.29) is 23.7 Å². The zero-order valence-corrected chi connectivity index (χ0v) is 19.8. The molecule has 0 spiro atoms. The lowest BCUT2D eigenvalue weighted by atomic mass is 9.92. The van der Waals surface area contributed by atoms with Crippen molar-refractivity contribution in [2.75, 3.05) is 19.8 Å². The van der Waals surface area contributed by atoms with Crippen LogP contribution in [0.3, 0.4) is 0 Å². The first-order chi connectivity index (χ1) is 14.1. The Morgan fingerprint density at radius 2 is 1.97 bits per heavy atom. The summed E-state index contributed by atoms with van der Waals surface area (Å²) in [7, 11) is 0.335. The van der Waals surface area contributed by atoms with Gasteiger partial charge in [0.2, 0.25) is 5.91 Å². The molecular weight excluding hydrogens is 432 g/mol. The predicted molar refractivity (Wildman–Crippen MR) is 117 cm³/mol. The number of carbonyl (C=O) groups is 1. The number of aliphatic hydroxyl groups is 3. The van der Waals surface area contributed by atoms with Crippen molar-refractivity contribution in [3.63, 3.8) is 0 Å². The monoisotopic (exact) mass is 468 g/mol. The molecule has 10 atom stereocenters. The topological polar surface area (TPSA) is 119 Å². The van der Waals surface area contributed by atoms with Crippen LogP contribution in [-0.2, 0) is 20.3 Å². The highest BCUT2D eigenvalue weighted by molar-refractivity contribution is 7.84. The number of unbranched alkanes of at least 4 members (excludes halogenated alkanes) is 1. The quantitative estimate of drug-likeness (QED) is 0.356. The molecule has 0 aromatic heterocycles. The van der Waals surface area contributed by atoms with Crippen LogP contribution < -0.4 is 5.32 Å². The molecule has 10 heteroatoms. The van der Waals surface area contributed by atoms with Gasteiger partial charge in [-0.25, -0.2) is 0 Å². The van der Waals surface area contributed by atoms with Crippen LogP contribution in [0.2, 0.25) is 0 Å². The van der Waals surface area contributed by atoms with Gasteiger partial charge >= 0.3 is 0 Å². The first-order valence-electron chi connectivity index (χ1n) is 10.7. The van der Waals surface area contributed by atoms with Crippen molar-refractivity contribution in [2.24, 2.45) is 5.92 Å². The van der Waals surface area contributed by atoms with E-state index >= 15 is 0 Å². The molecule has 2 rings (SSSR count). The number of aliphatic hydroxyl groups excluding tert-OH is 3.